The van der Waals surface area contributed by atoms with E-state index in [4.69, 9.17) is 9.90 Å². The van der Waals surface area contributed by atoms with E-state index in [1.165, 1.54) is 63.5 Å². The first-order valence-corrected chi connectivity index (χ1v) is 9.60. The Hall–Kier alpha value is -0.757. The Balaban J connectivity index is 0.000000885. The van der Waals surface area contributed by atoms with Gasteiger partial charge in [-0.3, -0.25) is 4.98 Å². The topological polar surface area (TPSA) is 50.2 Å². The molecule has 0 bridgehead atoms. The number of carbonyl (C=O) groups is 1. The van der Waals surface area contributed by atoms with Crippen LogP contribution in [0.4, 0.5) is 4.79 Å². The van der Waals surface area contributed by atoms with Crippen LogP contribution in [-0.4, -0.2) is 14.7 Å². The van der Waals surface area contributed by atoms with E-state index in [9.17, 15) is 0 Å². The molecule has 0 amide bonds. The summed E-state index contributed by atoms with van der Waals surface area (Å²) in [5.74, 6) is 0. The molecule has 1 aromatic rings. The number of hydrogen-bond donors (Lipinski definition) is 1. The summed E-state index contributed by atoms with van der Waals surface area (Å²) < 4.78 is -0.708. The molecule has 1 rings (SSSR count). The molecule has 0 aromatic carbocycles. The van der Waals surface area contributed by atoms with Gasteiger partial charge < -0.3 is 0 Å². The molecule has 21 heavy (non-hydrogen) atoms. The number of carboxylic acid groups (broad SMARTS) is 1. The molecule has 1 N–H and O–H groups in total. The van der Waals surface area contributed by atoms with E-state index in [-0.39, 0.29) is 0 Å². The van der Waals surface area contributed by atoms with E-state index in [0.29, 0.717) is 18.3 Å². The van der Waals surface area contributed by atoms with Crippen molar-refractivity contribution in [2.24, 2.45) is 0 Å². The third kappa shape index (κ3) is 17.2. The normalized spacial score (nSPS) is 9.86. The zero-order chi connectivity index (χ0) is 15.8. The predicted octanol–water partition coefficient (Wildman–Crippen LogP) is 5.37. The van der Waals surface area contributed by atoms with Gasteiger partial charge in [0.2, 0.25) is 0 Å². The quantitative estimate of drug-likeness (QED) is 0.459. The first-order chi connectivity index (χ1) is 10.2. The minimum atomic E-state index is -0.708. The van der Waals surface area contributed by atoms with E-state index in [0.717, 1.165) is 6.42 Å². The molecule has 0 aliphatic carbocycles. The zero-order valence-electron chi connectivity index (χ0n) is 13.4. The van der Waals surface area contributed by atoms with Crippen molar-refractivity contribution in [2.75, 3.05) is 0 Å². The minimum absolute atomic E-state index is 0.347. The van der Waals surface area contributed by atoms with Crippen molar-refractivity contribution < 1.29 is 28.2 Å². The van der Waals surface area contributed by atoms with Crippen LogP contribution in [-0.2, 0) is 24.7 Å². The molecule has 4 heteroatoms. The first-order valence-electron chi connectivity index (χ1n) is 8.11. The van der Waals surface area contributed by atoms with Crippen molar-refractivity contribution in [3.8, 4) is 0 Å². The van der Waals surface area contributed by atoms with Gasteiger partial charge in [-0.05, 0) is 25.0 Å². The maximum atomic E-state index is 9.06. The van der Waals surface area contributed by atoms with Crippen LogP contribution >= 0.6 is 0 Å². The van der Waals surface area contributed by atoms with Crippen LogP contribution in [0, 0.1) is 0 Å². The molecule has 0 saturated carbocycles. The molecule has 0 fully saturated rings. The molecule has 1 heterocycles. The van der Waals surface area contributed by atoms with Gasteiger partial charge in [0.05, 0.1) is 0 Å². The number of aryl methyl sites for hydroxylation is 1. The average Bonchev–Trinajstić information content (AvgIpc) is 2.46. The monoisotopic (exact) mass is 342 g/mol. The van der Waals surface area contributed by atoms with Gasteiger partial charge in [-0.25, -0.2) is 0 Å². The number of hydrogen-bond acceptors (Lipinski definition) is 2. The summed E-state index contributed by atoms with van der Waals surface area (Å²) in [6.07, 6.45) is 15.6. The maximum absolute atomic E-state index is 9.06. The van der Waals surface area contributed by atoms with E-state index in [1.54, 1.807) is 0 Å². The van der Waals surface area contributed by atoms with Gasteiger partial charge in [-0.2, -0.15) is 0 Å². The molecule has 0 saturated heterocycles. The van der Waals surface area contributed by atoms with Crippen LogP contribution in [0.2, 0.25) is 0 Å². The van der Waals surface area contributed by atoms with Gasteiger partial charge in [-0.1, -0.05) is 64.4 Å². The van der Waals surface area contributed by atoms with Crippen molar-refractivity contribution in [2.45, 2.75) is 71.1 Å². The van der Waals surface area contributed by atoms with Crippen LogP contribution in [0.1, 0.15) is 70.4 Å². The van der Waals surface area contributed by atoms with Crippen LogP contribution in [0.15, 0.2) is 24.4 Å². The van der Waals surface area contributed by atoms with Crippen LogP contribution in [0.25, 0.3) is 0 Å². The van der Waals surface area contributed by atoms with Crippen molar-refractivity contribution in [3.05, 3.63) is 30.1 Å². The molecule has 0 aliphatic rings. The molecule has 3 nitrogen and oxygen atoms in total. The first kappa shape index (κ1) is 20.2. The number of rotatable bonds is 10. The fourth-order valence-corrected chi connectivity index (χ4v) is 2.16. The van der Waals surface area contributed by atoms with Crippen molar-refractivity contribution in [1.29, 1.82) is 0 Å². The Kier molecular flexibility index (Phi) is 15.1. The molecule has 0 aliphatic heterocycles. The summed E-state index contributed by atoms with van der Waals surface area (Å²) >= 11 is 0.347. The van der Waals surface area contributed by atoms with E-state index in [2.05, 4.69) is 24.0 Å². The van der Waals surface area contributed by atoms with Crippen LogP contribution < -0.4 is 0 Å². The third-order valence-corrected chi connectivity index (χ3v) is 3.26. The third-order valence-electron chi connectivity index (χ3n) is 3.26. The zero-order valence-corrected chi connectivity index (χ0v) is 16.4. The molecule has 0 atom stereocenters. The van der Waals surface area contributed by atoms with Crippen molar-refractivity contribution in [1.82, 2.24) is 4.98 Å². The Morgan fingerprint density at radius 3 is 2.05 bits per heavy atom. The summed E-state index contributed by atoms with van der Waals surface area (Å²) in [5.41, 5.74) is 1.25. The molecule has 1 aromatic heterocycles. The standard InChI is InChI=1S/C16H27N.CHO2.Zn/c1-2-3-4-5-6-7-8-9-10-13-16-14-11-12-15-17-16;2-1-3;/h11-12,14-15H,2-10,13H2,1H3;(H,2,3);. The number of pyridine rings is 1. The second-order valence-corrected chi connectivity index (χ2v) is 6.56. The number of unbranched alkanes of at least 4 members (excludes halogenated alkanes) is 8. The number of aromatic nitrogens is 1. The Morgan fingerprint density at radius 2 is 1.57 bits per heavy atom. The Bertz CT molecular complexity index is 340. The molecule has 115 valence electrons. The van der Waals surface area contributed by atoms with Gasteiger partial charge >= 0.3 is 32.8 Å². The molecule has 0 spiro atoms. The Morgan fingerprint density at radius 1 is 1.05 bits per heavy atom. The van der Waals surface area contributed by atoms with Gasteiger partial charge in [0.1, 0.15) is 0 Å². The van der Waals surface area contributed by atoms with E-state index < -0.39 is 4.56 Å². The molecule has 0 radical (unpaired) electrons. The fraction of sp³-hybridized carbons (Fsp3) is 0.647. The molecular weight excluding hydrogens is 316 g/mol. The Labute approximate surface area is 139 Å². The van der Waals surface area contributed by atoms with Crippen molar-refractivity contribution >= 4 is 4.56 Å². The number of nitrogens with zero attached hydrogens (tertiary/aromatic N) is 1. The van der Waals surface area contributed by atoms with Gasteiger partial charge in [0, 0.05) is 11.9 Å². The SMILES string of the molecule is CCCCCCCCCCCc1ccccn1.O=[C](O)[Zn]. The summed E-state index contributed by atoms with van der Waals surface area (Å²) in [6, 6.07) is 6.20. The summed E-state index contributed by atoms with van der Waals surface area (Å²) in [6.45, 7) is 2.28. The summed E-state index contributed by atoms with van der Waals surface area (Å²) in [4.78, 5) is 13.4. The van der Waals surface area contributed by atoms with Gasteiger partial charge in [0.15, 0.2) is 0 Å². The second-order valence-electron chi connectivity index (χ2n) is 5.29. The second kappa shape index (κ2) is 15.6. The summed E-state index contributed by atoms with van der Waals surface area (Å²) in [7, 11) is 0. The van der Waals surface area contributed by atoms with E-state index >= 15 is 0 Å². The summed E-state index contributed by atoms with van der Waals surface area (Å²) in [5, 5.41) is 7.47. The van der Waals surface area contributed by atoms with Gasteiger partial charge in [0.25, 0.3) is 0 Å². The van der Waals surface area contributed by atoms with Crippen LogP contribution in [0.3, 0.4) is 0 Å². The molecule has 0 unspecified atom stereocenters. The predicted molar refractivity (Wildman–Crippen MR) is 83.2 cm³/mol. The van der Waals surface area contributed by atoms with Crippen molar-refractivity contribution in [3.63, 3.8) is 0 Å². The van der Waals surface area contributed by atoms with Gasteiger partial charge in [-0.15, -0.1) is 0 Å². The van der Waals surface area contributed by atoms with Crippen LogP contribution in [0.5, 0.6) is 0 Å². The fourth-order valence-electron chi connectivity index (χ4n) is 2.16. The average molecular weight is 344 g/mol. The molecular formula is C17H28NO2Zn. The van der Waals surface area contributed by atoms with E-state index in [1.807, 2.05) is 12.3 Å².